The van der Waals surface area contributed by atoms with Gasteiger partial charge in [-0.2, -0.15) is 16.8 Å². The van der Waals surface area contributed by atoms with Crippen molar-refractivity contribution in [2.45, 2.75) is 76.4 Å². The topological polar surface area (TPSA) is 139 Å². The van der Waals surface area contributed by atoms with Gasteiger partial charge in [0.15, 0.2) is 0 Å². The number of rotatable bonds is 4. The van der Waals surface area contributed by atoms with Gasteiger partial charge in [0.05, 0.1) is 12.2 Å². The second kappa shape index (κ2) is 13.8. The molecule has 2 rings (SSSR count). The van der Waals surface area contributed by atoms with Gasteiger partial charge in [0.25, 0.3) is 0 Å². The number of nitrogens with two attached hydrogens (primary N) is 2. The molecule has 136 valence electrons. The first-order valence-electron chi connectivity index (χ1n) is 7.58. The van der Waals surface area contributed by atoms with E-state index in [1.807, 2.05) is 0 Å². The molecule has 0 spiro atoms. The molecular formula is C12H28N2Na2O6S2. The maximum atomic E-state index is 10.5. The molecule has 8 nitrogen and oxygen atoms in total. The summed E-state index contributed by atoms with van der Waals surface area (Å²) in [7, 11) is -7.45. The quantitative estimate of drug-likeness (QED) is 0.450. The van der Waals surface area contributed by atoms with Crippen LogP contribution >= 0.6 is 0 Å². The minimum atomic E-state index is -3.72. The van der Waals surface area contributed by atoms with E-state index >= 15 is 0 Å². The number of hydrogen-bond donors (Lipinski definition) is 2. The first-order valence-corrected chi connectivity index (χ1v) is 10.5. The van der Waals surface area contributed by atoms with Crippen LogP contribution in [0.1, 0.15) is 67.1 Å². The van der Waals surface area contributed by atoms with Crippen LogP contribution in [-0.2, 0) is 29.0 Å². The van der Waals surface area contributed by atoms with Gasteiger partial charge in [-0.3, -0.25) is 8.37 Å². The molecule has 4 N–H and O–H groups in total. The minimum absolute atomic E-state index is 0. The van der Waals surface area contributed by atoms with Gasteiger partial charge in [-0.15, -0.1) is 0 Å². The molecule has 0 saturated heterocycles. The fourth-order valence-corrected chi connectivity index (χ4v) is 3.85. The molecule has 0 aromatic heterocycles. The Hall–Kier alpha value is 1.74. The van der Waals surface area contributed by atoms with Gasteiger partial charge in [-0.1, -0.05) is 38.5 Å². The van der Waals surface area contributed by atoms with Gasteiger partial charge in [0.1, 0.15) is 0 Å². The van der Waals surface area contributed by atoms with Crippen LogP contribution in [-0.4, -0.2) is 29.0 Å². The van der Waals surface area contributed by atoms with Crippen molar-refractivity contribution in [3.63, 3.8) is 0 Å². The number of hydrogen-bond acceptors (Lipinski definition) is 6. The smallest absolute Gasteiger partial charge is 1.00 e. The Morgan fingerprint density at radius 3 is 1.08 bits per heavy atom. The Bertz CT molecular complexity index is 480. The predicted molar refractivity (Wildman–Crippen MR) is 84.4 cm³/mol. The molecule has 2 fully saturated rings. The molecule has 0 unspecified atom stereocenters. The Labute approximate surface area is 192 Å². The molecule has 0 aromatic carbocycles. The zero-order valence-electron chi connectivity index (χ0n) is 16.6. The van der Waals surface area contributed by atoms with Crippen molar-refractivity contribution in [1.29, 1.82) is 0 Å². The molecule has 2 aliphatic carbocycles. The second-order valence-corrected chi connectivity index (χ2v) is 8.05. The van der Waals surface area contributed by atoms with E-state index < -0.39 is 20.6 Å². The van der Waals surface area contributed by atoms with E-state index in [0.717, 1.165) is 51.4 Å². The maximum Gasteiger partial charge on any atom is 1.00 e. The van der Waals surface area contributed by atoms with Crippen LogP contribution < -0.4 is 69.4 Å². The summed E-state index contributed by atoms with van der Waals surface area (Å²) in [5.41, 5.74) is 0. The van der Waals surface area contributed by atoms with Gasteiger partial charge >= 0.3 is 79.7 Å². The standard InChI is InChI=1S/2C6H13NO3S.2Na.2H/c2*7-11(8,9)10-6-4-2-1-3-5-6;;;;/h2*6H,1-5H2,(H2,7,8,9);;;;/q;;2*+1;2*-1. The van der Waals surface area contributed by atoms with Crippen molar-refractivity contribution >= 4 is 20.6 Å². The van der Waals surface area contributed by atoms with E-state index in [2.05, 4.69) is 8.37 Å². The maximum absolute atomic E-state index is 10.5. The van der Waals surface area contributed by atoms with Crippen molar-refractivity contribution in [2.24, 2.45) is 10.3 Å². The molecule has 0 aliphatic heterocycles. The zero-order chi connectivity index (χ0) is 16.6. The molecule has 12 heteroatoms. The molecule has 0 aromatic rings. The third-order valence-corrected chi connectivity index (χ3v) is 4.73. The van der Waals surface area contributed by atoms with Crippen LogP contribution in [0.5, 0.6) is 0 Å². The van der Waals surface area contributed by atoms with Crippen LogP contribution in [0.2, 0.25) is 0 Å². The third kappa shape index (κ3) is 16.0. The minimum Gasteiger partial charge on any atom is -1.00 e. The van der Waals surface area contributed by atoms with Gasteiger partial charge in [0.2, 0.25) is 0 Å². The van der Waals surface area contributed by atoms with Gasteiger partial charge in [-0.25, -0.2) is 10.3 Å². The summed E-state index contributed by atoms with van der Waals surface area (Å²) < 4.78 is 51.1. The average molecular weight is 406 g/mol. The van der Waals surface area contributed by atoms with E-state index in [4.69, 9.17) is 10.3 Å². The molecule has 0 bridgehead atoms. The molecule has 0 heterocycles. The summed E-state index contributed by atoms with van der Waals surface area (Å²) in [4.78, 5) is 0. The second-order valence-electron chi connectivity index (χ2n) is 5.70. The summed E-state index contributed by atoms with van der Waals surface area (Å²) in [6, 6.07) is 0. The van der Waals surface area contributed by atoms with Crippen molar-refractivity contribution in [3.05, 3.63) is 0 Å². The molecule has 0 amide bonds. The first-order chi connectivity index (χ1) is 10.2. The molecule has 0 atom stereocenters. The van der Waals surface area contributed by atoms with E-state index in [-0.39, 0.29) is 74.2 Å². The van der Waals surface area contributed by atoms with E-state index in [0.29, 0.717) is 0 Å². The molecular weight excluding hydrogens is 378 g/mol. The Morgan fingerprint density at radius 2 is 0.875 bits per heavy atom. The summed E-state index contributed by atoms with van der Waals surface area (Å²) >= 11 is 0. The van der Waals surface area contributed by atoms with Crippen molar-refractivity contribution < 1.29 is 87.2 Å². The third-order valence-electron chi connectivity index (χ3n) is 3.64. The van der Waals surface area contributed by atoms with E-state index in [9.17, 15) is 16.8 Å². The largest absolute Gasteiger partial charge is 1.00 e. The SMILES string of the molecule is NS(=O)(=O)OC1CCCCC1.NS(=O)(=O)OC1CCCCC1.[H-].[H-].[Na+].[Na+]. The van der Waals surface area contributed by atoms with E-state index in [1.54, 1.807) is 0 Å². The predicted octanol–water partition coefficient (Wildman–Crippen LogP) is -4.69. The van der Waals surface area contributed by atoms with Crippen LogP contribution in [0.15, 0.2) is 0 Å². The Kier molecular flexibility index (Phi) is 16.1. The summed E-state index contributed by atoms with van der Waals surface area (Å²) in [6.07, 6.45) is 9.44. The van der Waals surface area contributed by atoms with Crippen molar-refractivity contribution in [3.8, 4) is 0 Å². The average Bonchev–Trinajstić information content (AvgIpc) is 2.38. The van der Waals surface area contributed by atoms with Crippen LogP contribution in [0.25, 0.3) is 0 Å². The Morgan fingerprint density at radius 1 is 0.625 bits per heavy atom. The molecule has 2 saturated carbocycles. The molecule has 0 radical (unpaired) electrons. The fraction of sp³-hybridized carbons (Fsp3) is 1.00. The Balaban J connectivity index is -0.000000161. The monoisotopic (exact) mass is 406 g/mol. The van der Waals surface area contributed by atoms with E-state index in [1.165, 1.54) is 12.8 Å². The van der Waals surface area contributed by atoms with Gasteiger partial charge < -0.3 is 2.85 Å². The van der Waals surface area contributed by atoms with Gasteiger partial charge in [-0.05, 0) is 25.7 Å². The zero-order valence-corrected chi connectivity index (χ0v) is 20.3. The summed E-state index contributed by atoms with van der Waals surface area (Å²) in [6.45, 7) is 0. The normalized spacial score (nSPS) is 20.1. The van der Waals surface area contributed by atoms with Crippen LogP contribution in [0.4, 0.5) is 0 Å². The summed E-state index contributed by atoms with van der Waals surface area (Å²) in [5, 5.41) is 9.43. The summed E-state index contributed by atoms with van der Waals surface area (Å²) in [5.74, 6) is 0. The van der Waals surface area contributed by atoms with Gasteiger partial charge in [0, 0.05) is 0 Å². The first kappa shape index (κ1) is 28.0. The van der Waals surface area contributed by atoms with Crippen molar-refractivity contribution in [2.75, 3.05) is 0 Å². The van der Waals surface area contributed by atoms with Crippen molar-refractivity contribution in [1.82, 2.24) is 0 Å². The van der Waals surface area contributed by atoms with Crippen LogP contribution in [0, 0.1) is 0 Å². The molecule has 2 aliphatic rings. The molecule has 24 heavy (non-hydrogen) atoms. The van der Waals surface area contributed by atoms with Crippen LogP contribution in [0.3, 0.4) is 0 Å². The fourth-order valence-electron chi connectivity index (χ4n) is 2.70.